The lowest BCUT2D eigenvalue weighted by Gasteiger charge is -1.96. The summed E-state index contributed by atoms with van der Waals surface area (Å²) in [6.07, 6.45) is 4.46. The molecule has 1 unspecified atom stereocenters. The van der Waals surface area contributed by atoms with Crippen LogP contribution in [0.25, 0.3) is 6.08 Å². The zero-order valence-corrected chi connectivity index (χ0v) is 8.88. The van der Waals surface area contributed by atoms with Gasteiger partial charge in [-0.2, -0.15) is 0 Å². The molecule has 0 spiro atoms. The Kier molecular flexibility index (Phi) is 3.00. The molecule has 0 N–H and O–H groups in total. The van der Waals surface area contributed by atoms with Gasteiger partial charge < -0.3 is 9.26 Å². The van der Waals surface area contributed by atoms with E-state index in [1.54, 1.807) is 6.08 Å². The van der Waals surface area contributed by atoms with Crippen LogP contribution in [-0.2, 0) is 4.74 Å². The number of nitro groups is 1. The molecule has 6 nitrogen and oxygen atoms in total. The van der Waals surface area contributed by atoms with Crippen LogP contribution in [-0.4, -0.2) is 23.3 Å². The van der Waals surface area contributed by atoms with Gasteiger partial charge in [-0.15, -0.1) is 0 Å². The van der Waals surface area contributed by atoms with Gasteiger partial charge in [-0.25, -0.2) is 0 Å². The van der Waals surface area contributed by atoms with Gasteiger partial charge >= 0.3 is 5.69 Å². The van der Waals surface area contributed by atoms with Crippen LogP contribution in [0.2, 0.25) is 0 Å². The summed E-state index contributed by atoms with van der Waals surface area (Å²) in [5.74, 6) is 0.545. The van der Waals surface area contributed by atoms with Crippen LogP contribution < -0.4 is 0 Å². The molecule has 1 aromatic heterocycles. The molecule has 0 radical (unpaired) electrons. The third-order valence-electron chi connectivity index (χ3n) is 2.53. The lowest BCUT2D eigenvalue weighted by molar-refractivity contribution is -0.386. The van der Waals surface area contributed by atoms with Crippen LogP contribution in [0.4, 0.5) is 5.69 Å². The number of hydrogen-bond acceptors (Lipinski definition) is 5. The average Bonchev–Trinajstić information content (AvgIpc) is 2.83. The Bertz CT molecular complexity index is 418. The second-order valence-corrected chi connectivity index (χ2v) is 3.71. The molecule has 1 aliphatic heterocycles. The third kappa shape index (κ3) is 2.11. The highest BCUT2D eigenvalue weighted by Crippen LogP contribution is 2.24. The Balaban J connectivity index is 2.17. The fourth-order valence-corrected chi connectivity index (χ4v) is 1.65. The van der Waals surface area contributed by atoms with Crippen LogP contribution >= 0.6 is 0 Å². The van der Waals surface area contributed by atoms with Crippen molar-refractivity contribution in [3.63, 3.8) is 0 Å². The highest BCUT2D eigenvalue weighted by Gasteiger charge is 2.22. The Morgan fingerprint density at radius 1 is 1.62 bits per heavy atom. The molecule has 1 aliphatic rings. The maximum Gasteiger partial charge on any atom is 0.338 e. The maximum atomic E-state index is 10.7. The van der Waals surface area contributed by atoms with Gasteiger partial charge in [-0.1, -0.05) is 11.2 Å². The summed E-state index contributed by atoms with van der Waals surface area (Å²) in [7, 11) is 0. The number of hydrogen-bond donors (Lipinski definition) is 0. The van der Waals surface area contributed by atoms with Crippen molar-refractivity contribution >= 4 is 11.8 Å². The topological polar surface area (TPSA) is 78.4 Å². The summed E-state index contributed by atoms with van der Waals surface area (Å²) < 4.78 is 10.00. The zero-order valence-electron chi connectivity index (χ0n) is 8.88. The van der Waals surface area contributed by atoms with E-state index in [2.05, 4.69) is 5.16 Å². The first-order valence-electron chi connectivity index (χ1n) is 5.05. The van der Waals surface area contributed by atoms with Gasteiger partial charge in [-0.05, 0) is 12.5 Å². The standard InChI is InChI=1S/C10H12N2O4/c1-7-10(12(13)14)9(11-16-7)3-2-8-4-5-15-6-8/h2-3,8H,4-6H2,1H3. The normalized spacial score (nSPS) is 20.7. The van der Waals surface area contributed by atoms with Crippen molar-refractivity contribution < 1.29 is 14.2 Å². The van der Waals surface area contributed by atoms with Crippen LogP contribution in [0.5, 0.6) is 0 Å². The summed E-state index contributed by atoms with van der Waals surface area (Å²) in [6, 6.07) is 0. The van der Waals surface area contributed by atoms with Gasteiger partial charge in [0.25, 0.3) is 0 Å². The number of nitrogens with zero attached hydrogens (tertiary/aromatic N) is 2. The molecule has 16 heavy (non-hydrogen) atoms. The molecule has 1 fully saturated rings. The van der Waals surface area contributed by atoms with Crippen LogP contribution in [0, 0.1) is 23.0 Å². The first-order chi connectivity index (χ1) is 7.68. The fourth-order valence-electron chi connectivity index (χ4n) is 1.65. The van der Waals surface area contributed by atoms with Crippen LogP contribution in [0.1, 0.15) is 17.9 Å². The first-order valence-corrected chi connectivity index (χ1v) is 5.05. The highest BCUT2D eigenvalue weighted by molar-refractivity contribution is 5.57. The van der Waals surface area contributed by atoms with E-state index in [0.717, 1.165) is 13.0 Å². The van der Waals surface area contributed by atoms with Gasteiger partial charge in [0, 0.05) is 19.4 Å². The Labute approximate surface area is 92.0 Å². The summed E-state index contributed by atoms with van der Waals surface area (Å²) >= 11 is 0. The predicted molar refractivity (Wildman–Crippen MR) is 55.9 cm³/mol. The summed E-state index contributed by atoms with van der Waals surface area (Å²) in [5, 5.41) is 14.4. The molecule has 1 atom stereocenters. The van der Waals surface area contributed by atoms with Crippen molar-refractivity contribution in [2.75, 3.05) is 13.2 Å². The first kappa shape index (κ1) is 10.8. The molecular formula is C10H12N2O4. The number of ether oxygens (including phenoxy) is 1. The molecule has 0 amide bonds. The van der Waals surface area contributed by atoms with Crippen molar-refractivity contribution in [3.05, 3.63) is 27.6 Å². The summed E-state index contributed by atoms with van der Waals surface area (Å²) in [4.78, 5) is 10.3. The zero-order chi connectivity index (χ0) is 11.5. The molecule has 1 saturated heterocycles. The van der Waals surface area contributed by atoms with Gasteiger partial charge in [0.15, 0.2) is 5.69 Å². The number of rotatable bonds is 3. The van der Waals surface area contributed by atoms with Crippen LogP contribution in [0.3, 0.4) is 0 Å². The molecule has 6 heteroatoms. The van der Waals surface area contributed by atoms with Gasteiger partial charge in [0.05, 0.1) is 11.5 Å². The van der Waals surface area contributed by atoms with E-state index in [1.165, 1.54) is 6.92 Å². The largest absolute Gasteiger partial charge is 0.381 e. The van der Waals surface area contributed by atoms with E-state index in [9.17, 15) is 10.1 Å². The van der Waals surface area contributed by atoms with Crippen molar-refractivity contribution in [1.82, 2.24) is 5.16 Å². The van der Waals surface area contributed by atoms with E-state index in [1.807, 2.05) is 6.08 Å². The SMILES string of the molecule is Cc1onc(C=CC2CCOC2)c1[N+](=O)[O-]. The smallest absolute Gasteiger partial charge is 0.338 e. The molecule has 2 heterocycles. The molecule has 2 rings (SSSR count). The van der Waals surface area contributed by atoms with Crippen LogP contribution in [0.15, 0.2) is 10.6 Å². The Morgan fingerprint density at radius 2 is 2.44 bits per heavy atom. The minimum absolute atomic E-state index is 0.0600. The van der Waals surface area contributed by atoms with E-state index in [0.29, 0.717) is 12.5 Å². The second-order valence-electron chi connectivity index (χ2n) is 3.71. The number of aromatic nitrogens is 1. The average molecular weight is 224 g/mol. The quantitative estimate of drug-likeness (QED) is 0.579. The van der Waals surface area contributed by atoms with Crippen molar-refractivity contribution in [2.24, 2.45) is 5.92 Å². The lowest BCUT2D eigenvalue weighted by atomic mass is 10.1. The Hall–Kier alpha value is -1.69. The van der Waals surface area contributed by atoms with Gasteiger partial charge in [0.1, 0.15) is 0 Å². The Morgan fingerprint density at radius 3 is 3.06 bits per heavy atom. The minimum atomic E-state index is -0.476. The monoisotopic (exact) mass is 224 g/mol. The minimum Gasteiger partial charge on any atom is -0.381 e. The molecule has 1 aromatic rings. The molecule has 86 valence electrons. The molecule has 0 aromatic carbocycles. The second kappa shape index (κ2) is 4.44. The summed E-state index contributed by atoms with van der Waals surface area (Å²) in [6.45, 7) is 2.94. The molecular weight excluding hydrogens is 212 g/mol. The van der Waals surface area contributed by atoms with E-state index < -0.39 is 4.92 Å². The van der Waals surface area contributed by atoms with E-state index in [4.69, 9.17) is 9.26 Å². The van der Waals surface area contributed by atoms with Crippen molar-refractivity contribution in [1.29, 1.82) is 0 Å². The number of aryl methyl sites for hydroxylation is 1. The maximum absolute atomic E-state index is 10.7. The summed E-state index contributed by atoms with van der Waals surface area (Å²) in [5.41, 5.74) is 0.213. The highest BCUT2D eigenvalue weighted by atomic mass is 16.6. The lowest BCUT2D eigenvalue weighted by Crippen LogP contribution is -1.94. The van der Waals surface area contributed by atoms with Crippen molar-refractivity contribution in [2.45, 2.75) is 13.3 Å². The molecule has 0 saturated carbocycles. The van der Waals surface area contributed by atoms with E-state index in [-0.39, 0.29) is 17.1 Å². The van der Waals surface area contributed by atoms with Gasteiger partial charge in [0.2, 0.25) is 5.76 Å². The fraction of sp³-hybridized carbons (Fsp3) is 0.500. The third-order valence-corrected chi connectivity index (χ3v) is 2.53. The van der Waals surface area contributed by atoms with Gasteiger partial charge in [-0.3, -0.25) is 10.1 Å². The van der Waals surface area contributed by atoms with E-state index >= 15 is 0 Å². The van der Waals surface area contributed by atoms with Crippen molar-refractivity contribution in [3.8, 4) is 0 Å². The predicted octanol–water partition coefficient (Wildman–Crippen LogP) is 1.94. The molecule has 0 bridgehead atoms. The molecule has 0 aliphatic carbocycles.